The van der Waals surface area contributed by atoms with Crippen molar-refractivity contribution in [2.75, 3.05) is 0 Å². The maximum absolute atomic E-state index is 7.29. The Bertz CT molecular complexity index is 4770. The zero-order valence-electron chi connectivity index (χ0n) is 37.2. The fourth-order valence-electron chi connectivity index (χ4n) is 11.1. The second-order valence-electron chi connectivity index (χ2n) is 18.1. The van der Waals surface area contributed by atoms with Crippen molar-refractivity contribution in [1.82, 2.24) is 14.5 Å². The van der Waals surface area contributed by atoms with Gasteiger partial charge in [0.05, 0.1) is 22.1 Å². The Morgan fingerprint density at radius 3 is 2.03 bits per heavy atom. The van der Waals surface area contributed by atoms with E-state index in [0.717, 1.165) is 104 Å². The molecule has 0 saturated carbocycles. The summed E-state index contributed by atoms with van der Waals surface area (Å²) in [6.07, 6.45) is 4.18. The summed E-state index contributed by atoms with van der Waals surface area (Å²) in [7, 11) is 0. The number of benzene rings is 10. The van der Waals surface area contributed by atoms with Gasteiger partial charge in [0, 0.05) is 62.3 Å². The Hall–Kier alpha value is -8.42. The molecule has 4 nitrogen and oxygen atoms in total. The normalized spacial score (nSPS) is 12.6. The molecule has 0 N–H and O–H groups in total. The van der Waals surface area contributed by atoms with E-state index >= 15 is 0 Å². The Balaban J connectivity index is 1.04. The second kappa shape index (κ2) is 14.5. The van der Waals surface area contributed by atoms with Crippen molar-refractivity contribution in [2.24, 2.45) is 0 Å². The zero-order valence-corrected chi connectivity index (χ0v) is 38.9. The first-order valence-electron chi connectivity index (χ1n) is 23.2. The summed E-state index contributed by atoms with van der Waals surface area (Å²) < 4.78 is 13.5. The standard InChI is InChI=1S/C63H37N3OS2/c1-3-36(33-55-35(2)42-15-9-12-22-53(42)68-55)59-63(65-60-43-16-5-4-14-37(43)27-29-50(60)64-59)66-51-21-11-8-20-48(51)57-46-18-6-7-19-47(46)58-49-31-41-30-38(24-25-39(41)32-52(49)67-62(58)61(57)66)40-26-28-45-44-17-10-13-23-54(44)69-56(45)34-40/h3-34H,1H2,2H3/b36-33+. The molecule has 0 amide bonds. The van der Waals surface area contributed by atoms with Crippen LogP contribution >= 0.6 is 22.7 Å². The van der Waals surface area contributed by atoms with Gasteiger partial charge in [0.2, 0.25) is 0 Å². The number of hydrogen-bond donors (Lipinski definition) is 0. The third kappa shape index (κ3) is 5.61. The molecule has 322 valence electrons. The number of thiophene rings is 2. The summed E-state index contributed by atoms with van der Waals surface area (Å²) in [5, 5.41) is 15.0. The van der Waals surface area contributed by atoms with Gasteiger partial charge in [0.1, 0.15) is 11.3 Å². The van der Waals surface area contributed by atoms with Crippen LogP contribution in [-0.2, 0) is 0 Å². The molecule has 0 fully saturated rings. The van der Waals surface area contributed by atoms with Crippen LogP contribution < -0.4 is 0 Å². The predicted octanol–water partition coefficient (Wildman–Crippen LogP) is 18.4. The van der Waals surface area contributed by atoms with Crippen molar-refractivity contribution in [2.45, 2.75) is 6.92 Å². The number of fused-ring (bicyclic) bond motifs is 18. The molecule has 5 heterocycles. The summed E-state index contributed by atoms with van der Waals surface area (Å²) in [5.74, 6) is 0.720. The largest absolute Gasteiger partial charge is 0.454 e. The van der Waals surface area contributed by atoms with Crippen LogP contribution in [0.4, 0.5) is 0 Å². The SMILES string of the molecule is C=C/C(=C\c1sc2ccccc2c1C)c1nc2ccc3ccccc3c2nc1-n1c2ccccc2c2c3ccccc3c3c4cc5cc(-c6ccc7c(c6)sc6ccccc67)ccc5cc4oc3c21. The number of aryl methyl sites for hydroxylation is 1. The van der Waals surface area contributed by atoms with Crippen LogP contribution in [0.5, 0.6) is 0 Å². The smallest absolute Gasteiger partial charge is 0.165 e. The second-order valence-corrected chi connectivity index (χ2v) is 20.3. The Morgan fingerprint density at radius 2 is 1.20 bits per heavy atom. The topological polar surface area (TPSA) is 43.9 Å². The lowest BCUT2D eigenvalue weighted by Gasteiger charge is -2.15. The predicted molar refractivity (Wildman–Crippen MR) is 297 cm³/mol. The molecule has 15 rings (SSSR count). The zero-order chi connectivity index (χ0) is 45.5. The van der Waals surface area contributed by atoms with E-state index in [1.54, 1.807) is 11.3 Å². The highest BCUT2D eigenvalue weighted by Gasteiger charge is 2.27. The number of nitrogens with zero attached hydrogens (tertiary/aromatic N) is 3. The van der Waals surface area contributed by atoms with Gasteiger partial charge in [-0.1, -0.05) is 146 Å². The van der Waals surface area contributed by atoms with Gasteiger partial charge in [-0.25, -0.2) is 9.97 Å². The van der Waals surface area contributed by atoms with E-state index in [1.165, 1.54) is 51.8 Å². The minimum atomic E-state index is 0.720. The Morgan fingerprint density at radius 1 is 0.536 bits per heavy atom. The third-order valence-electron chi connectivity index (χ3n) is 14.3. The van der Waals surface area contributed by atoms with Crippen molar-refractivity contribution >= 4 is 152 Å². The molecule has 10 aromatic carbocycles. The summed E-state index contributed by atoms with van der Waals surface area (Å²) >= 11 is 3.65. The van der Waals surface area contributed by atoms with Crippen LogP contribution in [0.15, 0.2) is 199 Å². The lowest BCUT2D eigenvalue weighted by atomic mass is 9.96. The average molecular weight is 916 g/mol. The first-order chi connectivity index (χ1) is 34.1. The molecule has 0 unspecified atom stereocenters. The Kier molecular flexibility index (Phi) is 8.15. The number of aromatic nitrogens is 3. The minimum Gasteiger partial charge on any atom is -0.454 e. The summed E-state index contributed by atoms with van der Waals surface area (Å²) in [4.78, 5) is 12.5. The van der Waals surface area contributed by atoms with E-state index < -0.39 is 0 Å². The third-order valence-corrected chi connectivity index (χ3v) is 16.7. The van der Waals surface area contributed by atoms with E-state index in [-0.39, 0.29) is 0 Å². The summed E-state index contributed by atoms with van der Waals surface area (Å²) in [6, 6.07) is 65.7. The van der Waals surface area contributed by atoms with Crippen LogP contribution in [0.3, 0.4) is 0 Å². The highest BCUT2D eigenvalue weighted by atomic mass is 32.1. The summed E-state index contributed by atoms with van der Waals surface area (Å²) in [5.41, 5.74) is 10.6. The van der Waals surface area contributed by atoms with E-state index in [4.69, 9.17) is 14.4 Å². The highest BCUT2D eigenvalue weighted by molar-refractivity contribution is 7.25. The van der Waals surface area contributed by atoms with Crippen molar-refractivity contribution < 1.29 is 4.42 Å². The molecule has 0 spiro atoms. The molecule has 5 aromatic heterocycles. The van der Waals surface area contributed by atoms with E-state index in [1.807, 2.05) is 17.4 Å². The van der Waals surface area contributed by atoms with E-state index in [9.17, 15) is 0 Å². The van der Waals surface area contributed by atoms with Gasteiger partial charge in [-0.05, 0) is 111 Å². The number of hydrogen-bond acceptors (Lipinski definition) is 5. The quantitative estimate of drug-likeness (QED) is 0.128. The van der Waals surface area contributed by atoms with Gasteiger partial charge < -0.3 is 4.42 Å². The molecular weight excluding hydrogens is 879 g/mol. The number of para-hydroxylation sites is 1. The van der Waals surface area contributed by atoms with Crippen molar-refractivity contribution in [1.29, 1.82) is 0 Å². The monoisotopic (exact) mass is 915 g/mol. The first kappa shape index (κ1) is 38.7. The van der Waals surface area contributed by atoms with Gasteiger partial charge in [0.25, 0.3) is 0 Å². The fourth-order valence-corrected chi connectivity index (χ4v) is 13.4. The van der Waals surface area contributed by atoms with Gasteiger partial charge in [-0.15, -0.1) is 22.7 Å². The Labute approximate surface area is 402 Å². The van der Waals surface area contributed by atoms with Gasteiger partial charge in [-0.2, -0.15) is 0 Å². The van der Waals surface area contributed by atoms with Crippen LogP contribution in [-0.4, -0.2) is 14.5 Å². The fraction of sp³-hybridized carbons (Fsp3) is 0.0159. The molecule has 0 atom stereocenters. The first-order valence-corrected chi connectivity index (χ1v) is 24.9. The number of allylic oxidation sites excluding steroid dienone is 2. The summed E-state index contributed by atoms with van der Waals surface area (Å²) in [6.45, 7) is 6.63. The molecule has 0 radical (unpaired) electrons. The number of rotatable bonds is 5. The van der Waals surface area contributed by atoms with Crippen LogP contribution in [0.25, 0.3) is 146 Å². The van der Waals surface area contributed by atoms with Crippen molar-refractivity contribution in [3.05, 3.63) is 211 Å². The van der Waals surface area contributed by atoms with Crippen LogP contribution in [0.2, 0.25) is 0 Å². The average Bonchev–Trinajstić information content (AvgIpc) is 4.15. The molecule has 0 saturated heterocycles. The van der Waals surface area contributed by atoms with Crippen LogP contribution in [0.1, 0.15) is 16.1 Å². The minimum absolute atomic E-state index is 0.720. The molecule has 0 aliphatic carbocycles. The van der Waals surface area contributed by atoms with Crippen molar-refractivity contribution in [3.63, 3.8) is 0 Å². The molecule has 0 aliphatic heterocycles. The molecule has 69 heavy (non-hydrogen) atoms. The molecule has 0 bridgehead atoms. The van der Waals surface area contributed by atoms with Gasteiger partial charge >= 0.3 is 0 Å². The van der Waals surface area contributed by atoms with Gasteiger partial charge in [-0.3, -0.25) is 4.57 Å². The van der Waals surface area contributed by atoms with E-state index in [0.29, 0.717) is 0 Å². The maximum atomic E-state index is 7.29. The molecule has 6 heteroatoms. The lowest BCUT2D eigenvalue weighted by molar-refractivity contribution is 0.671. The lowest BCUT2D eigenvalue weighted by Crippen LogP contribution is -2.06. The van der Waals surface area contributed by atoms with Crippen LogP contribution in [0, 0.1) is 6.92 Å². The molecular formula is C63H37N3OS2. The van der Waals surface area contributed by atoms with Gasteiger partial charge in [0.15, 0.2) is 11.4 Å². The van der Waals surface area contributed by atoms with E-state index in [2.05, 4.69) is 206 Å². The maximum Gasteiger partial charge on any atom is 0.165 e. The number of furan rings is 1. The highest BCUT2D eigenvalue weighted by Crippen LogP contribution is 2.48. The van der Waals surface area contributed by atoms with Crippen molar-refractivity contribution in [3.8, 4) is 16.9 Å². The molecule has 0 aliphatic rings. The molecule has 15 aromatic rings.